The first kappa shape index (κ1) is 24.2. The minimum absolute atomic E-state index is 0. The molecule has 1 radical (unpaired) electrons. The summed E-state index contributed by atoms with van der Waals surface area (Å²) in [4.78, 5) is 14.1. The molecule has 4 aromatic heterocycles. The Balaban J connectivity index is 0.000000301. The predicted octanol–water partition coefficient (Wildman–Crippen LogP) is 5.37. The van der Waals surface area contributed by atoms with Gasteiger partial charge >= 0.3 is 0 Å². The van der Waals surface area contributed by atoms with E-state index in [1.165, 1.54) is 6.07 Å². The quantitative estimate of drug-likeness (QED) is 0.175. The Bertz CT molecular complexity index is 1100. The number of aryl methyl sites for hydroxylation is 2. The van der Waals surface area contributed by atoms with Crippen LogP contribution in [0.15, 0.2) is 54.9 Å². The van der Waals surface area contributed by atoms with Crippen molar-refractivity contribution < 1.29 is 39.1 Å². The van der Waals surface area contributed by atoms with E-state index in [0.717, 1.165) is 23.3 Å². The van der Waals surface area contributed by atoms with Crippen molar-refractivity contribution in [1.82, 2.24) is 19.9 Å². The fourth-order valence-corrected chi connectivity index (χ4v) is 2.51. The van der Waals surface area contributed by atoms with Gasteiger partial charge in [-0.05, 0) is 55.4 Å². The van der Waals surface area contributed by atoms with Gasteiger partial charge in [-0.3, -0.25) is 9.97 Å². The summed E-state index contributed by atoms with van der Waals surface area (Å²) in [7, 11) is 0. The summed E-state index contributed by atoms with van der Waals surface area (Å²) in [5.41, 5.74) is 3.06. The molecule has 0 atom stereocenters. The van der Waals surface area contributed by atoms with Gasteiger partial charge in [0.25, 0.3) is 0 Å². The van der Waals surface area contributed by atoms with Crippen molar-refractivity contribution in [2.75, 3.05) is 0 Å². The SMILES string of the molecule is Cc1ccnc(-c2[c-]cc(F)nc2F)c1.Cc1ccnc(-c2ccc(F)nc2F)c1.[2H-].[Ir]. The minimum atomic E-state index is -0.895. The second kappa shape index (κ2) is 10.8. The van der Waals surface area contributed by atoms with Gasteiger partial charge in [0.2, 0.25) is 11.9 Å². The first-order chi connectivity index (χ1) is 14.3. The molecule has 9 heteroatoms. The van der Waals surface area contributed by atoms with Crippen molar-refractivity contribution in [1.29, 1.82) is 0 Å². The third-order valence-corrected chi connectivity index (χ3v) is 3.92. The van der Waals surface area contributed by atoms with Crippen LogP contribution in [0.5, 0.6) is 0 Å². The first-order valence-corrected chi connectivity index (χ1v) is 8.75. The molecule has 4 heterocycles. The molecule has 0 aliphatic rings. The van der Waals surface area contributed by atoms with E-state index in [4.69, 9.17) is 0 Å². The van der Waals surface area contributed by atoms with E-state index < -0.39 is 23.8 Å². The van der Waals surface area contributed by atoms with Crippen LogP contribution >= 0.6 is 0 Å². The molecule has 0 bridgehead atoms. The number of hydrogen-bond acceptors (Lipinski definition) is 4. The Morgan fingerprint density at radius 3 is 1.90 bits per heavy atom. The maximum absolute atomic E-state index is 13.3. The molecule has 0 aliphatic heterocycles. The molecule has 0 spiro atoms. The molecule has 4 aromatic rings. The second-order valence-electron chi connectivity index (χ2n) is 6.30. The molecular formula is C22H16F4IrN4-2. The molecule has 0 saturated heterocycles. The summed E-state index contributed by atoms with van der Waals surface area (Å²) in [6, 6.07) is 12.9. The number of nitrogens with zero attached hydrogens (tertiary/aromatic N) is 4. The second-order valence-corrected chi connectivity index (χ2v) is 6.30. The number of rotatable bonds is 2. The average molecular weight is 606 g/mol. The van der Waals surface area contributed by atoms with Gasteiger partial charge in [0.15, 0.2) is 0 Å². The molecular weight excluding hydrogens is 588 g/mol. The fourth-order valence-electron chi connectivity index (χ4n) is 2.51. The van der Waals surface area contributed by atoms with Crippen molar-refractivity contribution >= 4 is 0 Å². The van der Waals surface area contributed by atoms with Crippen LogP contribution in [0.2, 0.25) is 0 Å². The van der Waals surface area contributed by atoms with Gasteiger partial charge in [0.1, 0.15) is 11.9 Å². The van der Waals surface area contributed by atoms with E-state index in [9.17, 15) is 17.6 Å². The predicted molar refractivity (Wildman–Crippen MR) is 104 cm³/mol. The molecule has 31 heavy (non-hydrogen) atoms. The van der Waals surface area contributed by atoms with Gasteiger partial charge in [-0.1, -0.05) is 23.3 Å². The average Bonchev–Trinajstić information content (AvgIpc) is 2.68. The number of hydrogen-bond donors (Lipinski definition) is 0. The molecule has 0 fully saturated rings. The van der Waals surface area contributed by atoms with Crippen molar-refractivity contribution in [3.8, 4) is 22.5 Å². The molecule has 0 amide bonds. The van der Waals surface area contributed by atoms with Crippen LogP contribution in [0, 0.1) is 43.7 Å². The molecule has 0 aromatic carbocycles. The zero-order chi connectivity index (χ0) is 21.7. The summed E-state index contributed by atoms with van der Waals surface area (Å²) in [5.74, 6) is -3.45. The Labute approximate surface area is 191 Å². The van der Waals surface area contributed by atoms with Gasteiger partial charge in [-0.15, -0.1) is 6.07 Å². The molecule has 0 N–H and O–H groups in total. The van der Waals surface area contributed by atoms with Crippen LogP contribution in [0.1, 0.15) is 12.6 Å². The van der Waals surface area contributed by atoms with E-state index in [-0.39, 0.29) is 32.7 Å². The Hall–Kier alpha value is -3.03. The van der Waals surface area contributed by atoms with E-state index in [1.807, 2.05) is 13.8 Å². The minimum Gasteiger partial charge on any atom is -1.00 e. The summed E-state index contributed by atoms with van der Waals surface area (Å²) >= 11 is 0. The number of halogens is 4. The van der Waals surface area contributed by atoms with Gasteiger partial charge in [0.05, 0.1) is 11.3 Å². The van der Waals surface area contributed by atoms with Crippen LogP contribution in [0.3, 0.4) is 0 Å². The smallest absolute Gasteiger partial charge is 0.224 e. The monoisotopic (exact) mass is 606 g/mol. The van der Waals surface area contributed by atoms with Crippen LogP contribution in [0.4, 0.5) is 17.6 Å². The summed E-state index contributed by atoms with van der Waals surface area (Å²) in [6.45, 7) is 3.74. The molecule has 0 aliphatic carbocycles. The first-order valence-electron chi connectivity index (χ1n) is 8.75. The molecule has 4 nitrogen and oxygen atoms in total. The maximum Gasteiger partial charge on any atom is 0.224 e. The zero-order valence-corrected chi connectivity index (χ0v) is 18.7. The van der Waals surface area contributed by atoms with Crippen LogP contribution < -0.4 is 0 Å². The van der Waals surface area contributed by atoms with Gasteiger partial charge in [0, 0.05) is 32.5 Å². The standard InChI is InChI=1S/C11H8F2N2.C11H7F2N2.Ir.H/c2*1-7-4-5-14-9(6-7)8-2-3-10(12)15-11(8)13;;/h2-6H,1H3;3-6H,1H3;;/q;-1;;-1/i;;;1+1. The van der Waals surface area contributed by atoms with Crippen molar-refractivity contribution in [3.05, 3.63) is 95.8 Å². The van der Waals surface area contributed by atoms with E-state index in [1.54, 1.807) is 36.7 Å². The summed E-state index contributed by atoms with van der Waals surface area (Å²) < 4.78 is 51.6. The van der Waals surface area contributed by atoms with Crippen LogP contribution in [-0.4, -0.2) is 19.9 Å². The van der Waals surface area contributed by atoms with E-state index >= 15 is 0 Å². The normalized spacial score (nSPS) is 10.0. The van der Waals surface area contributed by atoms with E-state index in [0.29, 0.717) is 11.4 Å². The molecule has 163 valence electrons. The van der Waals surface area contributed by atoms with Gasteiger partial charge in [-0.2, -0.15) is 13.8 Å². The largest absolute Gasteiger partial charge is 1.00 e. The van der Waals surface area contributed by atoms with E-state index in [2.05, 4.69) is 26.0 Å². The van der Waals surface area contributed by atoms with Gasteiger partial charge < -0.3 is 6.41 Å². The summed E-state index contributed by atoms with van der Waals surface area (Å²) in [5, 5.41) is 0. The Kier molecular flexibility index (Phi) is 8.47. The summed E-state index contributed by atoms with van der Waals surface area (Å²) in [6.07, 6.45) is 3.13. The Morgan fingerprint density at radius 2 is 1.32 bits per heavy atom. The molecule has 4 rings (SSSR count). The molecule has 0 saturated carbocycles. The van der Waals surface area contributed by atoms with Crippen molar-refractivity contribution in [2.45, 2.75) is 13.8 Å². The maximum atomic E-state index is 13.3. The third kappa shape index (κ3) is 6.47. The number of aromatic nitrogens is 4. The fraction of sp³-hybridized carbons (Fsp3) is 0.0909. The molecule has 0 unspecified atom stereocenters. The van der Waals surface area contributed by atoms with Crippen LogP contribution in [-0.2, 0) is 20.1 Å². The van der Waals surface area contributed by atoms with Gasteiger partial charge in [-0.25, -0.2) is 8.78 Å². The Morgan fingerprint density at radius 1 is 0.742 bits per heavy atom. The van der Waals surface area contributed by atoms with Crippen molar-refractivity contribution in [2.24, 2.45) is 0 Å². The number of pyridine rings is 4. The van der Waals surface area contributed by atoms with Crippen molar-refractivity contribution in [3.63, 3.8) is 0 Å². The third-order valence-electron chi connectivity index (χ3n) is 3.92. The zero-order valence-electron chi connectivity index (χ0n) is 17.3. The topological polar surface area (TPSA) is 51.6 Å². The van der Waals surface area contributed by atoms with Crippen LogP contribution in [0.25, 0.3) is 22.5 Å².